The monoisotopic (exact) mass is 483 g/mol. The molecule has 27 heavy (non-hydrogen) atoms. The number of hydrogen-bond acceptors (Lipinski definition) is 4. The third-order valence-corrected chi connectivity index (χ3v) is 3.99. The van der Waals surface area contributed by atoms with Crippen LogP contribution in [0.15, 0.2) is 53.7 Å². The van der Waals surface area contributed by atoms with Gasteiger partial charge in [0, 0.05) is 32.9 Å². The first-order chi connectivity index (χ1) is 12.8. The highest BCUT2D eigenvalue weighted by Crippen LogP contribution is 2.10. The van der Waals surface area contributed by atoms with Gasteiger partial charge in [0.05, 0.1) is 6.54 Å². The second kappa shape index (κ2) is 13.2. The molecular formula is C20H30IN5O. The van der Waals surface area contributed by atoms with Gasteiger partial charge >= 0.3 is 0 Å². The number of hydrogen-bond donors (Lipinski definition) is 2. The van der Waals surface area contributed by atoms with Crippen molar-refractivity contribution in [1.29, 1.82) is 0 Å². The minimum atomic E-state index is 0. The van der Waals surface area contributed by atoms with Crippen LogP contribution >= 0.6 is 24.0 Å². The molecule has 0 spiro atoms. The molecule has 0 aliphatic rings. The number of rotatable bonds is 9. The molecule has 0 saturated heterocycles. The zero-order valence-electron chi connectivity index (χ0n) is 16.3. The van der Waals surface area contributed by atoms with E-state index in [-0.39, 0.29) is 24.0 Å². The molecule has 7 heteroatoms. The maximum absolute atomic E-state index is 5.66. The van der Waals surface area contributed by atoms with Crippen LogP contribution in [0.2, 0.25) is 0 Å². The lowest BCUT2D eigenvalue weighted by Crippen LogP contribution is -2.38. The zero-order valence-corrected chi connectivity index (χ0v) is 18.6. The second-order valence-corrected chi connectivity index (χ2v) is 5.71. The van der Waals surface area contributed by atoms with E-state index in [2.05, 4.69) is 51.5 Å². The van der Waals surface area contributed by atoms with Crippen molar-refractivity contribution in [3.8, 4) is 5.75 Å². The summed E-state index contributed by atoms with van der Waals surface area (Å²) in [6.07, 6.45) is 1.91. The molecule has 0 atom stereocenters. The fraction of sp³-hybridized carbons (Fsp3) is 0.400. The molecule has 1 aromatic heterocycles. The largest absolute Gasteiger partial charge is 0.492 e. The van der Waals surface area contributed by atoms with Crippen molar-refractivity contribution in [2.75, 3.05) is 38.2 Å². The van der Waals surface area contributed by atoms with E-state index < -0.39 is 0 Å². The van der Waals surface area contributed by atoms with Crippen LogP contribution in [0.25, 0.3) is 0 Å². The maximum atomic E-state index is 5.66. The van der Waals surface area contributed by atoms with Gasteiger partial charge in [0.1, 0.15) is 18.2 Å². The van der Waals surface area contributed by atoms with E-state index in [9.17, 15) is 0 Å². The number of para-hydroxylation sites is 1. The summed E-state index contributed by atoms with van der Waals surface area (Å²) < 4.78 is 5.66. The van der Waals surface area contributed by atoms with E-state index in [0.29, 0.717) is 19.7 Å². The first kappa shape index (κ1) is 23.0. The number of benzene rings is 1. The third-order valence-electron chi connectivity index (χ3n) is 3.99. The third kappa shape index (κ3) is 8.03. The highest BCUT2D eigenvalue weighted by Gasteiger charge is 2.04. The number of ether oxygens (including phenoxy) is 1. The molecular weight excluding hydrogens is 453 g/mol. The van der Waals surface area contributed by atoms with E-state index in [0.717, 1.165) is 36.2 Å². The van der Waals surface area contributed by atoms with Crippen LogP contribution in [-0.4, -0.2) is 44.2 Å². The van der Waals surface area contributed by atoms with Crippen molar-refractivity contribution in [3.05, 3.63) is 54.2 Å². The zero-order chi connectivity index (χ0) is 18.6. The Balaban J connectivity index is 0.00000364. The Hall–Kier alpha value is -2.03. The first-order valence-corrected chi connectivity index (χ1v) is 9.09. The molecule has 0 fully saturated rings. The smallest absolute Gasteiger partial charge is 0.191 e. The Morgan fingerprint density at radius 1 is 1.07 bits per heavy atom. The molecule has 0 aliphatic heterocycles. The van der Waals surface area contributed by atoms with Gasteiger partial charge in [-0.3, -0.25) is 4.99 Å². The van der Waals surface area contributed by atoms with Crippen molar-refractivity contribution < 1.29 is 4.74 Å². The van der Waals surface area contributed by atoms with E-state index in [4.69, 9.17) is 4.74 Å². The first-order valence-electron chi connectivity index (χ1n) is 9.09. The van der Waals surface area contributed by atoms with E-state index in [1.807, 2.05) is 36.5 Å². The van der Waals surface area contributed by atoms with Crippen LogP contribution < -0.4 is 20.3 Å². The molecule has 2 N–H and O–H groups in total. The number of guanidine groups is 1. The standard InChI is InChI=1S/C20H29N5O.HI/c1-4-25(5-2)19-12-11-17(15-23-19)16-24-20(21-3)22-13-14-26-18-9-7-6-8-10-18;/h6-12,15H,4-5,13-14,16H2,1-3H3,(H2,21,22,24);1H. The van der Waals surface area contributed by atoms with Gasteiger partial charge in [0.2, 0.25) is 0 Å². The van der Waals surface area contributed by atoms with Gasteiger partial charge in [-0.05, 0) is 37.6 Å². The van der Waals surface area contributed by atoms with Crippen molar-refractivity contribution in [3.63, 3.8) is 0 Å². The number of nitrogens with one attached hydrogen (secondary N) is 2. The summed E-state index contributed by atoms with van der Waals surface area (Å²) in [7, 11) is 1.76. The van der Waals surface area contributed by atoms with Crippen LogP contribution in [0.1, 0.15) is 19.4 Å². The Bertz CT molecular complexity index is 660. The van der Waals surface area contributed by atoms with Gasteiger partial charge in [0.15, 0.2) is 5.96 Å². The Kier molecular flexibility index (Phi) is 11.2. The topological polar surface area (TPSA) is 61.8 Å². The molecule has 0 saturated carbocycles. The number of anilines is 1. The number of aromatic nitrogens is 1. The Morgan fingerprint density at radius 2 is 1.81 bits per heavy atom. The average Bonchev–Trinajstić information content (AvgIpc) is 2.70. The molecule has 0 radical (unpaired) electrons. The highest BCUT2D eigenvalue weighted by atomic mass is 127. The summed E-state index contributed by atoms with van der Waals surface area (Å²) in [5.74, 6) is 2.63. The van der Waals surface area contributed by atoms with Gasteiger partial charge in [0.25, 0.3) is 0 Å². The molecule has 2 aromatic rings. The number of nitrogens with zero attached hydrogens (tertiary/aromatic N) is 3. The Morgan fingerprint density at radius 3 is 2.41 bits per heavy atom. The molecule has 0 bridgehead atoms. The molecule has 0 aliphatic carbocycles. The van der Waals surface area contributed by atoms with Crippen LogP contribution in [0.5, 0.6) is 5.75 Å². The van der Waals surface area contributed by atoms with Gasteiger partial charge < -0.3 is 20.3 Å². The number of pyridine rings is 1. The van der Waals surface area contributed by atoms with Crippen molar-refractivity contribution in [2.24, 2.45) is 4.99 Å². The van der Waals surface area contributed by atoms with Crippen molar-refractivity contribution in [1.82, 2.24) is 15.6 Å². The highest BCUT2D eigenvalue weighted by molar-refractivity contribution is 14.0. The molecule has 6 nitrogen and oxygen atoms in total. The van der Waals surface area contributed by atoms with E-state index in [1.54, 1.807) is 7.05 Å². The van der Waals surface area contributed by atoms with Gasteiger partial charge in [-0.2, -0.15) is 0 Å². The minimum absolute atomic E-state index is 0. The quantitative estimate of drug-likeness (QED) is 0.248. The van der Waals surface area contributed by atoms with Crippen LogP contribution in [0.4, 0.5) is 5.82 Å². The molecule has 0 amide bonds. The molecule has 0 unspecified atom stereocenters. The lowest BCUT2D eigenvalue weighted by atomic mass is 10.2. The number of halogens is 1. The van der Waals surface area contributed by atoms with E-state index >= 15 is 0 Å². The molecule has 1 aromatic carbocycles. The predicted molar refractivity (Wildman–Crippen MR) is 123 cm³/mol. The van der Waals surface area contributed by atoms with E-state index in [1.165, 1.54) is 0 Å². The summed E-state index contributed by atoms with van der Waals surface area (Å²) in [5, 5.41) is 6.53. The molecule has 1 heterocycles. The summed E-state index contributed by atoms with van der Waals surface area (Å²) in [5.41, 5.74) is 1.12. The fourth-order valence-corrected chi connectivity index (χ4v) is 2.52. The predicted octanol–water partition coefficient (Wildman–Crippen LogP) is 3.29. The number of aliphatic imine (C=N–C) groups is 1. The SMILES string of the molecule is CCN(CC)c1ccc(CNC(=NC)NCCOc2ccccc2)cn1.I. The maximum Gasteiger partial charge on any atom is 0.191 e. The fourth-order valence-electron chi connectivity index (χ4n) is 2.52. The summed E-state index contributed by atoms with van der Waals surface area (Å²) in [6, 6.07) is 13.9. The van der Waals surface area contributed by atoms with Crippen molar-refractivity contribution in [2.45, 2.75) is 20.4 Å². The average molecular weight is 483 g/mol. The normalized spacial score (nSPS) is 10.7. The van der Waals surface area contributed by atoms with Crippen LogP contribution in [0.3, 0.4) is 0 Å². The lowest BCUT2D eigenvalue weighted by Gasteiger charge is -2.19. The Labute approximate surface area is 179 Å². The van der Waals surface area contributed by atoms with Gasteiger partial charge in [-0.25, -0.2) is 4.98 Å². The van der Waals surface area contributed by atoms with Gasteiger partial charge in [-0.1, -0.05) is 24.3 Å². The second-order valence-electron chi connectivity index (χ2n) is 5.71. The molecule has 2 rings (SSSR count). The lowest BCUT2D eigenvalue weighted by molar-refractivity contribution is 0.322. The van der Waals surface area contributed by atoms with Crippen LogP contribution in [0, 0.1) is 0 Å². The molecule has 148 valence electrons. The van der Waals surface area contributed by atoms with Crippen molar-refractivity contribution >= 4 is 35.8 Å². The van der Waals surface area contributed by atoms with Crippen LogP contribution in [-0.2, 0) is 6.54 Å². The summed E-state index contributed by atoms with van der Waals surface area (Å²) >= 11 is 0. The summed E-state index contributed by atoms with van der Waals surface area (Å²) in [4.78, 5) is 11.0. The van der Waals surface area contributed by atoms with Gasteiger partial charge in [-0.15, -0.1) is 24.0 Å². The summed E-state index contributed by atoms with van der Waals surface area (Å²) in [6.45, 7) is 8.12. The minimum Gasteiger partial charge on any atom is -0.492 e.